The number of unbranched alkanes of at least 4 members (excludes halogenated alkanes) is 2. The Morgan fingerprint density at radius 3 is 1.88 bits per heavy atom. The maximum absolute atomic E-state index is 13.6. The van der Waals surface area contributed by atoms with Gasteiger partial charge in [0.1, 0.15) is 0 Å². The molecule has 0 unspecified atom stereocenters. The minimum Gasteiger partial charge on any atom is -0.456 e. The number of imide groups is 1. The first-order valence-corrected chi connectivity index (χ1v) is 14.5. The van der Waals surface area contributed by atoms with Crippen molar-refractivity contribution in [3.63, 3.8) is 0 Å². The molecule has 3 amide bonds. The fourth-order valence-corrected chi connectivity index (χ4v) is 7.03. The van der Waals surface area contributed by atoms with Crippen molar-refractivity contribution in [2.45, 2.75) is 37.5 Å². The largest absolute Gasteiger partial charge is 0.456 e. The molecular formula is C32H28Cl2N2O5. The number of esters is 1. The first kappa shape index (κ1) is 27.5. The van der Waals surface area contributed by atoms with Crippen LogP contribution in [0.15, 0.2) is 66.7 Å². The number of carbonyl (C=O) groups excluding carboxylic acids is 4. The quantitative estimate of drug-likeness (QED) is 0.189. The fourth-order valence-electron chi connectivity index (χ4n) is 6.68. The summed E-state index contributed by atoms with van der Waals surface area (Å²) >= 11 is 12.0. The number of ether oxygens (including phenoxy) is 1. The van der Waals surface area contributed by atoms with Crippen molar-refractivity contribution >= 4 is 52.6 Å². The second kappa shape index (κ2) is 11.3. The second-order valence-electron chi connectivity index (χ2n) is 10.7. The molecule has 7 nitrogen and oxygen atoms in total. The number of nitrogens with one attached hydrogen (secondary N) is 1. The van der Waals surface area contributed by atoms with Crippen LogP contribution in [0, 0.1) is 11.8 Å². The molecule has 4 aliphatic rings. The van der Waals surface area contributed by atoms with E-state index < -0.39 is 18.5 Å². The second-order valence-corrected chi connectivity index (χ2v) is 11.5. The molecule has 0 aromatic heterocycles. The third kappa shape index (κ3) is 4.91. The molecule has 1 aliphatic heterocycles. The summed E-state index contributed by atoms with van der Waals surface area (Å²) in [6.07, 6.45) is 1.88. The number of likely N-dealkylation sites (tertiary alicyclic amines) is 1. The van der Waals surface area contributed by atoms with Crippen molar-refractivity contribution in [3.05, 3.63) is 99.0 Å². The van der Waals surface area contributed by atoms with Gasteiger partial charge < -0.3 is 10.1 Å². The minimum atomic E-state index is -0.520. The van der Waals surface area contributed by atoms with Gasteiger partial charge in [0.25, 0.3) is 5.91 Å². The van der Waals surface area contributed by atoms with Crippen molar-refractivity contribution in [3.8, 4) is 0 Å². The van der Waals surface area contributed by atoms with E-state index >= 15 is 0 Å². The lowest BCUT2D eigenvalue weighted by Gasteiger charge is -2.45. The summed E-state index contributed by atoms with van der Waals surface area (Å²) in [6, 6.07) is 21.2. The zero-order valence-corrected chi connectivity index (χ0v) is 23.7. The third-order valence-corrected chi connectivity index (χ3v) is 9.21. The molecule has 9 heteroatoms. The van der Waals surface area contributed by atoms with E-state index in [2.05, 4.69) is 29.6 Å². The standard InChI is InChI=1S/C32H28Cl2N2O5/c33-22-13-8-14-23(30(22)34)35-24(37)17-41-25(38)15-2-1-7-16-36-31(39)28-26-18-9-3-4-10-19(18)27(29(28)32(36)40)21-12-6-5-11-20(21)26/h3-6,8-14,26-29H,1-2,7,15-17H2,(H,35,37)/t26?,27?,28-,29-/m1/s1. The Bertz CT molecular complexity index is 1440. The predicted octanol–water partition coefficient (Wildman–Crippen LogP) is 5.93. The highest BCUT2D eigenvalue weighted by Crippen LogP contribution is 2.60. The Morgan fingerprint density at radius 2 is 1.32 bits per heavy atom. The molecule has 0 saturated carbocycles. The number of amides is 3. The van der Waals surface area contributed by atoms with Gasteiger partial charge in [0.15, 0.2) is 6.61 Å². The van der Waals surface area contributed by atoms with E-state index in [0.717, 1.165) is 22.3 Å². The van der Waals surface area contributed by atoms with Crippen LogP contribution in [0.4, 0.5) is 5.69 Å². The van der Waals surface area contributed by atoms with Crippen LogP contribution in [0.5, 0.6) is 0 Å². The third-order valence-electron chi connectivity index (χ3n) is 8.39. The average molecular weight is 591 g/mol. The summed E-state index contributed by atoms with van der Waals surface area (Å²) in [5, 5.41) is 3.08. The van der Waals surface area contributed by atoms with Crippen LogP contribution in [-0.2, 0) is 23.9 Å². The van der Waals surface area contributed by atoms with Gasteiger partial charge in [-0.05, 0) is 47.2 Å². The summed E-state index contributed by atoms with van der Waals surface area (Å²) in [4.78, 5) is 52.9. The van der Waals surface area contributed by atoms with Crippen LogP contribution in [-0.4, -0.2) is 41.7 Å². The van der Waals surface area contributed by atoms with E-state index in [1.54, 1.807) is 18.2 Å². The molecular weight excluding hydrogens is 563 g/mol. The summed E-state index contributed by atoms with van der Waals surface area (Å²) < 4.78 is 5.07. The van der Waals surface area contributed by atoms with Gasteiger partial charge in [-0.2, -0.15) is 0 Å². The highest BCUT2D eigenvalue weighted by molar-refractivity contribution is 6.44. The van der Waals surface area contributed by atoms with E-state index in [1.165, 1.54) is 4.90 Å². The zero-order valence-electron chi connectivity index (χ0n) is 22.1. The van der Waals surface area contributed by atoms with Gasteiger partial charge in [-0.25, -0.2) is 0 Å². The van der Waals surface area contributed by atoms with Gasteiger partial charge in [-0.15, -0.1) is 0 Å². The number of anilines is 1. The molecule has 2 bridgehead atoms. The minimum absolute atomic E-state index is 0.0933. The molecule has 1 heterocycles. The fraction of sp³-hybridized carbons (Fsp3) is 0.312. The van der Waals surface area contributed by atoms with Crippen LogP contribution in [0.3, 0.4) is 0 Å². The van der Waals surface area contributed by atoms with Crippen LogP contribution in [0.1, 0.15) is 59.8 Å². The van der Waals surface area contributed by atoms with Gasteiger partial charge in [0.2, 0.25) is 11.8 Å². The number of rotatable bonds is 9. The summed E-state index contributed by atoms with van der Waals surface area (Å²) in [7, 11) is 0. The number of halogens is 2. The predicted molar refractivity (Wildman–Crippen MR) is 155 cm³/mol. The molecule has 3 aromatic rings. The number of nitrogens with zero attached hydrogens (tertiary/aromatic N) is 1. The SMILES string of the molecule is O=C(COC(=O)CCCCCN1C(=O)[C@@H]2C3c4ccccc4C(c4ccccc43)[C@H]2C1=O)Nc1cccc(Cl)c1Cl. The van der Waals surface area contributed by atoms with Crippen molar-refractivity contribution in [1.82, 2.24) is 4.90 Å². The first-order chi connectivity index (χ1) is 19.9. The first-order valence-electron chi connectivity index (χ1n) is 13.8. The van der Waals surface area contributed by atoms with Crippen molar-refractivity contribution in [2.75, 3.05) is 18.5 Å². The average Bonchev–Trinajstić information content (AvgIpc) is 3.23. The van der Waals surface area contributed by atoms with Gasteiger partial charge >= 0.3 is 5.97 Å². The molecule has 7 rings (SSSR count). The topological polar surface area (TPSA) is 92.8 Å². The van der Waals surface area contributed by atoms with E-state index in [4.69, 9.17) is 27.9 Å². The zero-order chi connectivity index (χ0) is 28.7. The van der Waals surface area contributed by atoms with Crippen LogP contribution in [0.25, 0.3) is 0 Å². The van der Waals surface area contributed by atoms with Crippen LogP contribution >= 0.6 is 23.2 Å². The molecule has 210 valence electrons. The Hall–Kier alpha value is -3.68. The van der Waals surface area contributed by atoms with E-state index in [9.17, 15) is 19.2 Å². The van der Waals surface area contributed by atoms with Crippen molar-refractivity contribution < 1.29 is 23.9 Å². The summed E-state index contributed by atoms with van der Waals surface area (Å²) in [5.74, 6) is -2.17. The molecule has 3 aromatic carbocycles. The molecule has 2 atom stereocenters. The highest BCUT2D eigenvalue weighted by Gasteiger charge is 2.61. The lowest BCUT2D eigenvalue weighted by molar-refractivity contribution is -0.147. The monoisotopic (exact) mass is 590 g/mol. The van der Waals surface area contributed by atoms with Gasteiger partial charge in [-0.3, -0.25) is 24.1 Å². The van der Waals surface area contributed by atoms with Crippen molar-refractivity contribution in [2.24, 2.45) is 11.8 Å². The lowest BCUT2D eigenvalue weighted by atomic mass is 9.55. The number of hydrogen-bond acceptors (Lipinski definition) is 5. The molecule has 41 heavy (non-hydrogen) atoms. The number of carbonyl (C=O) groups is 4. The van der Waals surface area contributed by atoms with Gasteiger partial charge in [0, 0.05) is 24.8 Å². The number of hydrogen-bond donors (Lipinski definition) is 1. The maximum Gasteiger partial charge on any atom is 0.306 e. The Balaban J connectivity index is 0.999. The normalized spacial score (nSPS) is 21.8. The number of benzene rings is 3. The Morgan fingerprint density at radius 1 is 0.756 bits per heavy atom. The van der Waals surface area contributed by atoms with Gasteiger partial charge in [0.05, 0.1) is 27.6 Å². The van der Waals surface area contributed by atoms with E-state index in [1.807, 2.05) is 24.3 Å². The maximum atomic E-state index is 13.6. The van der Waals surface area contributed by atoms with E-state index in [-0.39, 0.29) is 46.9 Å². The van der Waals surface area contributed by atoms with Crippen molar-refractivity contribution in [1.29, 1.82) is 0 Å². The van der Waals surface area contributed by atoms with Crippen LogP contribution < -0.4 is 5.32 Å². The molecule has 0 spiro atoms. The Labute approximate surface area is 247 Å². The molecule has 1 saturated heterocycles. The molecule has 3 aliphatic carbocycles. The highest BCUT2D eigenvalue weighted by atomic mass is 35.5. The molecule has 0 radical (unpaired) electrons. The smallest absolute Gasteiger partial charge is 0.306 e. The van der Waals surface area contributed by atoms with Gasteiger partial charge in [-0.1, -0.05) is 84.2 Å². The lowest BCUT2D eigenvalue weighted by Crippen LogP contribution is -2.41. The molecule has 1 N–H and O–H groups in total. The van der Waals surface area contributed by atoms with Crippen LogP contribution in [0.2, 0.25) is 10.0 Å². The molecule has 1 fully saturated rings. The van der Waals surface area contributed by atoms with E-state index in [0.29, 0.717) is 36.5 Å². The summed E-state index contributed by atoms with van der Waals surface area (Å²) in [5.41, 5.74) is 4.96. The Kier molecular flexibility index (Phi) is 7.58. The summed E-state index contributed by atoms with van der Waals surface area (Å²) in [6.45, 7) is -0.108.